The van der Waals surface area contributed by atoms with Gasteiger partial charge in [0.05, 0.1) is 36.2 Å². The van der Waals surface area contributed by atoms with Crippen LogP contribution in [0.2, 0.25) is 0 Å². The lowest BCUT2D eigenvalue weighted by atomic mass is 9.93. The van der Waals surface area contributed by atoms with Gasteiger partial charge in [-0.3, -0.25) is 9.79 Å². The van der Waals surface area contributed by atoms with Crippen LogP contribution in [0.1, 0.15) is 12.5 Å². The number of fused-ring (bicyclic) bond motifs is 1. The smallest absolute Gasteiger partial charge is 0.264 e. The Balaban J connectivity index is 1.78. The molecule has 29 heavy (non-hydrogen) atoms. The summed E-state index contributed by atoms with van der Waals surface area (Å²) >= 11 is 1.42. The van der Waals surface area contributed by atoms with Crippen LogP contribution in [0.25, 0.3) is 10.2 Å². The summed E-state index contributed by atoms with van der Waals surface area (Å²) in [6.45, 7) is 1.96. The molecule has 148 valence electrons. The number of carbonyl (C=O) groups is 1. The normalized spacial score (nSPS) is 17.1. The maximum Gasteiger partial charge on any atom is 0.264 e. The first-order chi connectivity index (χ1) is 14.1. The lowest BCUT2D eigenvalue weighted by molar-refractivity contribution is -0.118. The summed E-state index contributed by atoms with van der Waals surface area (Å²) in [4.78, 5) is 22.2. The molecule has 3 aromatic rings. The Bertz CT molecular complexity index is 1070. The van der Waals surface area contributed by atoms with Gasteiger partial charge in [-0.05, 0) is 48.9 Å². The second kappa shape index (κ2) is 8.10. The molecule has 8 heteroatoms. The Hall–Kier alpha value is -3.10. The minimum atomic E-state index is -0.623. The van der Waals surface area contributed by atoms with E-state index >= 15 is 0 Å². The van der Waals surface area contributed by atoms with Gasteiger partial charge in [0, 0.05) is 5.71 Å². The number of aliphatic hydroxyl groups is 1. The molecule has 0 saturated heterocycles. The lowest BCUT2D eigenvalue weighted by Gasteiger charge is -2.12. The van der Waals surface area contributed by atoms with E-state index in [1.165, 1.54) is 16.3 Å². The van der Waals surface area contributed by atoms with Crippen LogP contribution >= 0.6 is 11.3 Å². The maximum absolute atomic E-state index is 13.3. The van der Waals surface area contributed by atoms with Gasteiger partial charge in [-0.1, -0.05) is 23.5 Å². The van der Waals surface area contributed by atoms with Gasteiger partial charge in [0.25, 0.3) is 5.91 Å². The number of methoxy groups -OCH3 is 1. The molecule has 0 aliphatic carbocycles. The third-order valence-corrected chi connectivity index (χ3v) is 5.68. The fourth-order valence-electron chi connectivity index (χ4n) is 3.22. The van der Waals surface area contributed by atoms with Gasteiger partial charge in [0.15, 0.2) is 0 Å². The Morgan fingerprint density at radius 2 is 2.00 bits per heavy atom. The second-order valence-corrected chi connectivity index (χ2v) is 7.52. The molecule has 1 amide bonds. The minimum absolute atomic E-state index is 0.0746. The Kier molecular flexibility index (Phi) is 5.37. The highest BCUT2D eigenvalue weighted by Gasteiger charge is 2.40. The third kappa shape index (κ3) is 3.64. The summed E-state index contributed by atoms with van der Waals surface area (Å²) in [5, 5.41) is 15.7. The molecule has 1 aromatic heterocycles. The van der Waals surface area contributed by atoms with Crippen LogP contribution < -0.4 is 9.75 Å². The van der Waals surface area contributed by atoms with Crippen molar-refractivity contribution in [2.75, 3.05) is 25.3 Å². The first kappa shape index (κ1) is 19.2. The summed E-state index contributed by atoms with van der Waals surface area (Å²) < 4.78 is 6.22. The minimum Gasteiger partial charge on any atom is -0.497 e. The summed E-state index contributed by atoms with van der Waals surface area (Å²) in [7, 11) is 1.61. The van der Waals surface area contributed by atoms with Gasteiger partial charge in [0.1, 0.15) is 11.7 Å². The van der Waals surface area contributed by atoms with E-state index in [-0.39, 0.29) is 19.1 Å². The number of hydrogen-bond acceptors (Lipinski definition) is 7. The Labute approximate surface area is 172 Å². The molecule has 0 fully saturated rings. The zero-order valence-corrected chi connectivity index (χ0v) is 16.9. The molecular weight excluding hydrogens is 388 g/mol. The molecule has 0 bridgehead atoms. The van der Waals surface area contributed by atoms with Gasteiger partial charge < -0.3 is 9.84 Å². The number of aliphatic imine (C=N–C) groups is 1. The molecule has 1 unspecified atom stereocenters. The average Bonchev–Trinajstić information content (AvgIpc) is 3.33. The molecule has 0 spiro atoms. The lowest BCUT2D eigenvalue weighted by Crippen LogP contribution is -2.32. The average molecular weight is 408 g/mol. The van der Waals surface area contributed by atoms with Crippen LogP contribution in [-0.2, 0) is 4.79 Å². The van der Waals surface area contributed by atoms with Gasteiger partial charge in [0.2, 0.25) is 5.13 Å². The molecule has 1 aliphatic heterocycles. The fourth-order valence-corrected chi connectivity index (χ4v) is 4.14. The standard InChI is InChI=1S/C21H20N4O3S/c1-13(22-11-12-26)18-19(14-7-9-15(28-2)10-8-14)24-25(20(18)27)21-23-16-5-3-4-6-17(16)29-21/h3-10,18,26H,11-12H2,1-2H3. The van der Waals surface area contributed by atoms with E-state index in [1.807, 2.05) is 48.5 Å². The van der Waals surface area contributed by atoms with Crippen molar-refractivity contribution in [2.24, 2.45) is 16.0 Å². The molecular formula is C21H20N4O3S. The molecule has 1 aliphatic rings. The Morgan fingerprint density at radius 3 is 2.69 bits per heavy atom. The predicted molar refractivity (Wildman–Crippen MR) is 115 cm³/mol. The number of ether oxygens (including phenoxy) is 1. The van der Waals surface area contributed by atoms with Gasteiger partial charge in [-0.25, -0.2) is 4.98 Å². The topological polar surface area (TPSA) is 87.4 Å². The number of anilines is 1. The van der Waals surface area contributed by atoms with Crippen molar-refractivity contribution in [3.8, 4) is 5.75 Å². The van der Waals surface area contributed by atoms with Gasteiger partial charge >= 0.3 is 0 Å². The summed E-state index contributed by atoms with van der Waals surface area (Å²) in [6.07, 6.45) is 0. The summed E-state index contributed by atoms with van der Waals surface area (Å²) in [6, 6.07) is 15.2. The van der Waals surface area contributed by atoms with E-state index in [1.54, 1.807) is 14.0 Å². The highest BCUT2D eigenvalue weighted by atomic mass is 32.1. The number of amides is 1. The monoisotopic (exact) mass is 408 g/mol. The van der Waals surface area contributed by atoms with E-state index in [9.17, 15) is 4.79 Å². The number of aromatic nitrogens is 1. The maximum atomic E-state index is 13.3. The summed E-state index contributed by atoms with van der Waals surface area (Å²) in [5.41, 5.74) is 2.86. The number of aliphatic hydroxyl groups excluding tert-OH is 1. The van der Waals surface area contributed by atoms with E-state index in [4.69, 9.17) is 9.84 Å². The van der Waals surface area contributed by atoms with Crippen molar-refractivity contribution in [2.45, 2.75) is 6.92 Å². The molecule has 2 heterocycles. The number of para-hydroxylation sites is 1. The first-order valence-electron chi connectivity index (χ1n) is 9.16. The second-order valence-electron chi connectivity index (χ2n) is 6.51. The first-order valence-corrected chi connectivity index (χ1v) is 9.98. The molecule has 4 rings (SSSR count). The third-order valence-electron chi connectivity index (χ3n) is 4.67. The molecule has 7 nitrogen and oxygen atoms in total. The number of carbonyl (C=O) groups excluding carboxylic acids is 1. The van der Waals surface area contributed by atoms with Gasteiger partial charge in [-0.2, -0.15) is 10.1 Å². The van der Waals surface area contributed by atoms with Crippen LogP contribution in [0.3, 0.4) is 0 Å². The number of nitrogens with zero attached hydrogens (tertiary/aromatic N) is 4. The number of rotatable bonds is 6. The Morgan fingerprint density at radius 1 is 1.24 bits per heavy atom. The van der Waals surface area contributed by atoms with E-state index in [0.717, 1.165) is 21.5 Å². The quantitative estimate of drug-likeness (QED) is 0.635. The van der Waals surface area contributed by atoms with Crippen molar-refractivity contribution in [3.05, 3.63) is 54.1 Å². The number of thiazole rings is 1. The predicted octanol–water partition coefficient (Wildman–Crippen LogP) is 3.13. The van der Waals surface area contributed by atoms with Crippen molar-refractivity contribution < 1.29 is 14.6 Å². The van der Waals surface area contributed by atoms with Crippen LogP contribution in [-0.4, -0.2) is 47.7 Å². The van der Waals surface area contributed by atoms with Crippen molar-refractivity contribution in [3.63, 3.8) is 0 Å². The van der Waals surface area contributed by atoms with Crippen molar-refractivity contribution in [1.82, 2.24) is 4.98 Å². The fraction of sp³-hybridized carbons (Fsp3) is 0.238. The zero-order chi connectivity index (χ0) is 20.4. The molecule has 1 N–H and O–H groups in total. The van der Waals surface area contributed by atoms with E-state index in [2.05, 4.69) is 15.1 Å². The van der Waals surface area contributed by atoms with Crippen LogP contribution in [0.5, 0.6) is 5.75 Å². The van der Waals surface area contributed by atoms with Crippen LogP contribution in [0, 0.1) is 5.92 Å². The van der Waals surface area contributed by atoms with Crippen molar-refractivity contribution in [1.29, 1.82) is 0 Å². The largest absolute Gasteiger partial charge is 0.497 e. The van der Waals surface area contributed by atoms with E-state index in [0.29, 0.717) is 16.6 Å². The summed E-state index contributed by atoms with van der Waals surface area (Å²) in [5.74, 6) is -0.0973. The zero-order valence-electron chi connectivity index (χ0n) is 16.1. The number of hydrazone groups is 1. The number of hydrogen-bond donors (Lipinski definition) is 1. The molecule has 2 aromatic carbocycles. The SMILES string of the molecule is COc1ccc(C2=NN(c3nc4ccccc4s3)C(=O)C2C(C)=NCCO)cc1. The molecule has 1 atom stereocenters. The highest BCUT2D eigenvalue weighted by Crippen LogP contribution is 2.34. The number of benzene rings is 2. The van der Waals surface area contributed by atoms with E-state index < -0.39 is 5.92 Å². The molecule has 0 saturated carbocycles. The van der Waals surface area contributed by atoms with Crippen molar-refractivity contribution >= 4 is 44.0 Å². The van der Waals surface area contributed by atoms with Crippen LogP contribution in [0.4, 0.5) is 5.13 Å². The molecule has 0 radical (unpaired) electrons. The van der Waals surface area contributed by atoms with Crippen LogP contribution in [0.15, 0.2) is 58.6 Å². The highest BCUT2D eigenvalue weighted by molar-refractivity contribution is 7.22. The van der Waals surface area contributed by atoms with Gasteiger partial charge in [-0.15, -0.1) is 0 Å².